The highest BCUT2D eigenvalue weighted by Gasteiger charge is 2.44. The predicted octanol–water partition coefficient (Wildman–Crippen LogP) is 1.90. The van der Waals surface area contributed by atoms with Crippen molar-refractivity contribution in [2.75, 3.05) is 35.2 Å². The first-order valence-corrected chi connectivity index (χ1v) is 13.0. The van der Waals surface area contributed by atoms with Crippen molar-refractivity contribution in [3.8, 4) is 0 Å². The first-order chi connectivity index (χ1) is 16.6. The summed E-state index contributed by atoms with van der Waals surface area (Å²) in [5, 5.41) is 46.0. The van der Waals surface area contributed by atoms with Gasteiger partial charge in [0.25, 0.3) is 0 Å². The van der Waals surface area contributed by atoms with Crippen LogP contribution in [0.4, 0.5) is 17.1 Å². The van der Waals surface area contributed by atoms with Gasteiger partial charge in [-0.25, -0.2) is 0 Å². The Morgan fingerprint density at radius 2 is 1.51 bits per heavy atom. The van der Waals surface area contributed by atoms with E-state index in [1.165, 1.54) is 13.8 Å². The number of hydrogen-bond donors (Lipinski definition) is 6. The highest BCUT2D eigenvalue weighted by Crippen LogP contribution is 2.42. The number of nitrogens with zero attached hydrogens (tertiary/aromatic N) is 1. The molecule has 10 nitrogen and oxygen atoms in total. The van der Waals surface area contributed by atoms with Gasteiger partial charge in [-0.3, -0.25) is 9.59 Å². The van der Waals surface area contributed by atoms with Crippen LogP contribution in [0, 0.1) is 0 Å². The van der Waals surface area contributed by atoms with Crippen LogP contribution in [0.2, 0.25) is 0 Å². The Bertz CT molecular complexity index is 847. The van der Waals surface area contributed by atoms with E-state index >= 15 is 0 Å². The smallest absolute Gasteiger partial charge is 0.221 e. The van der Waals surface area contributed by atoms with Gasteiger partial charge in [0.05, 0.1) is 23.7 Å². The lowest BCUT2D eigenvalue weighted by Gasteiger charge is -2.40. The zero-order chi connectivity index (χ0) is 26.1. The van der Waals surface area contributed by atoms with Crippen LogP contribution in [-0.2, 0) is 14.3 Å². The largest absolute Gasteiger partial charge is 0.394 e. The van der Waals surface area contributed by atoms with Gasteiger partial charge in [0.1, 0.15) is 29.9 Å². The second-order valence-corrected chi connectivity index (χ2v) is 9.88. The number of aliphatic hydroxyl groups excluding tert-OH is 4. The molecule has 5 atom stereocenters. The Balaban J connectivity index is 2.55. The summed E-state index contributed by atoms with van der Waals surface area (Å²) in [6, 6.07) is 3.50. The number of benzene rings is 1. The number of carbonyl (C=O) groups excluding carboxylic acids is 2. The first-order valence-electron chi connectivity index (χ1n) is 12.1. The fourth-order valence-corrected chi connectivity index (χ4v) is 5.01. The van der Waals surface area contributed by atoms with E-state index in [1.807, 2.05) is 6.07 Å². The lowest BCUT2D eigenvalue weighted by Crippen LogP contribution is -2.57. The number of aliphatic hydroxyl groups is 4. The van der Waals surface area contributed by atoms with Gasteiger partial charge in [-0.2, -0.15) is 0 Å². The Hall–Kier alpha value is -1.89. The monoisotopic (exact) mass is 513 g/mol. The summed E-state index contributed by atoms with van der Waals surface area (Å²) in [4.78, 5) is 26.7. The molecule has 0 spiro atoms. The number of unbranched alkanes of at least 4 members (excludes halogenated alkanes) is 2. The molecular weight excluding hydrogens is 474 g/mol. The molecule has 1 aromatic rings. The number of nitrogens with one attached hydrogen (secondary N) is 2. The first kappa shape index (κ1) is 29.3. The number of amides is 2. The summed E-state index contributed by atoms with van der Waals surface area (Å²) in [6.45, 7) is 8.00. The molecule has 0 bridgehead atoms. The number of ether oxygens (including phenoxy) is 1. The maximum atomic E-state index is 12.0. The van der Waals surface area contributed by atoms with E-state index in [-0.39, 0.29) is 11.8 Å². The van der Waals surface area contributed by atoms with Crippen molar-refractivity contribution in [2.45, 2.75) is 88.1 Å². The number of anilines is 3. The standard InChI is InChI=1S/C24H39N3O7S/c1-5-7-9-27(10-8-6-2)18-12-20(17(26-15(4)30)11-16(18)25-14(3)29)35-24-23(33)22(32)21(31)19(13-28)34-24/h11-12,19,21-24,28,31-33H,5-10,13H2,1-4H3,(H,25,29)(H,26,30)/t19-,21+,22+,23-,24+/m1/s1. The molecule has 1 aliphatic rings. The van der Waals surface area contributed by atoms with Crippen LogP contribution in [0.25, 0.3) is 0 Å². The lowest BCUT2D eigenvalue weighted by molar-refractivity contribution is -0.205. The molecule has 198 valence electrons. The van der Waals surface area contributed by atoms with Crippen LogP contribution in [0.1, 0.15) is 53.4 Å². The fourth-order valence-electron chi connectivity index (χ4n) is 3.85. The summed E-state index contributed by atoms with van der Waals surface area (Å²) in [7, 11) is 0. The molecule has 2 amide bonds. The van der Waals surface area contributed by atoms with Gasteiger partial charge in [0, 0.05) is 31.8 Å². The second kappa shape index (κ2) is 14.0. The number of carbonyl (C=O) groups is 2. The average molecular weight is 514 g/mol. The van der Waals surface area contributed by atoms with E-state index in [1.54, 1.807) is 6.07 Å². The highest BCUT2D eigenvalue weighted by molar-refractivity contribution is 8.00. The van der Waals surface area contributed by atoms with Gasteiger partial charge in [0.2, 0.25) is 11.8 Å². The van der Waals surface area contributed by atoms with E-state index in [0.717, 1.165) is 56.2 Å². The Labute approximate surface area is 211 Å². The molecular formula is C24H39N3O7S. The lowest BCUT2D eigenvalue weighted by atomic mass is 10.0. The summed E-state index contributed by atoms with van der Waals surface area (Å²) in [5.41, 5.74) is 0.699. The van der Waals surface area contributed by atoms with Gasteiger partial charge in [-0.05, 0) is 25.0 Å². The topological polar surface area (TPSA) is 152 Å². The minimum Gasteiger partial charge on any atom is -0.394 e. The van der Waals surface area contributed by atoms with Gasteiger partial charge < -0.3 is 40.7 Å². The molecule has 1 heterocycles. The minimum absolute atomic E-state index is 0.250. The third-order valence-corrected chi connectivity index (χ3v) is 6.93. The summed E-state index contributed by atoms with van der Waals surface area (Å²) >= 11 is 1.06. The molecule has 1 fully saturated rings. The second-order valence-electron chi connectivity index (χ2n) is 8.74. The van der Waals surface area contributed by atoms with Crippen molar-refractivity contribution in [3.05, 3.63) is 12.1 Å². The highest BCUT2D eigenvalue weighted by atomic mass is 32.2. The molecule has 0 radical (unpaired) electrons. The van der Waals surface area contributed by atoms with Gasteiger partial charge in [0.15, 0.2) is 0 Å². The average Bonchev–Trinajstić information content (AvgIpc) is 2.80. The molecule has 0 aromatic heterocycles. The molecule has 35 heavy (non-hydrogen) atoms. The third-order valence-electron chi connectivity index (χ3n) is 5.71. The molecule has 2 rings (SSSR count). The Kier molecular flexibility index (Phi) is 11.7. The van der Waals surface area contributed by atoms with E-state index in [4.69, 9.17) is 4.74 Å². The van der Waals surface area contributed by atoms with Crippen LogP contribution in [-0.4, -0.2) is 81.8 Å². The molecule has 0 saturated carbocycles. The van der Waals surface area contributed by atoms with Crippen molar-refractivity contribution in [2.24, 2.45) is 0 Å². The minimum atomic E-state index is -1.51. The Morgan fingerprint density at radius 3 is 2.03 bits per heavy atom. The normalized spacial score (nSPS) is 24.2. The zero-order valence-corrected chi connectivity index (χ0v) is 21.7. The van der Waals surface area contributed by atoms with Crippen LogP contribution in [0.15, 0.2) is 17.0 Å². The third kappa shape index (κ3) is 8.06. The fraction of sp³-hybridized carbons (Fsp3) is 0.667. The van der Waals surface area contributed by atoms with Crippen molar-refractivity contribution >= 4 is 40.6 Å². The molecule has 11 heteroatoms. The van der Waals surface area contributed by atoms with Crippen LogP contribution >= 0.6 is 11.8 Å². The molecule has 6 N–H and O–H groups in total. The quantitative estimate of drug-likeness (QED) is 0.246. The van der Waals surface area contributed by atoms with Gasteiger partial charge in [-0.1, -0.05) is 38.5 Å². The van der Waals surface area contributed by atoms with Gasteiger partial charge >= 0.3 is 0 Å². The molecule has 1 aliphatic heterocycles. The SMILES string of the molecule is CCCCN(CCCC)c1cc(S[C@@H]2O[C@H](CO)[C@H](O)[C@H](O)[C@H]2O)c(NC(C)=O)cc1NC(C)=O. The van der Waals surface area contributed by atoms with E-state index < -0.39 is 36.5 Å². The Morgan fingerprint density at radius 1 is 0.943 bits per heavy atom. The van der Waals surface area contributed by atoms with E-state index in [9.17, 15) is 30.0 Å². The van der Waals surface area contributed by atoms with Crippen LogP contribution in [0.5, 0.6) is 0 Å². The van der Waals surface area contributed by atoms with Crippen molar-refractivity contribution < 1.29 is 34.8 Å². The van der Waals surface area contributed by atoms with Gasteiger partial charge in [-0.15, -0.1) is 0 Å². The van der Waals surface area contributed by atoms with Crippen LogP contribution in [0.3, 0.4) is 0 Å². The molecule has 1 aromatic carbocycles. The maximum absolute atomic E-state index is 12.0. The molecule has 0 aliphatic carbocycles. The number of thioether (sulfide) groups is 1. The zero-order valence-electron chi connectivity index (χ0n) is 20.9. The van der Waals surface area contributed by atoms with Crippen molar-refractivity contribution in [1.29, 1.82) is 0 Å². The molecule has 0 unspecified atom stereocenters. The van der Waals surface area contributed by atoms with Crippen LogP contribution < -0.4 is 15.5 Å². The number of hydrogen-bond acceptors (Lipinski definition) is 9. The summed E-state index contributed by atoms with van der Waals surface area (Å²) in [5.74, 6) is -0.573. The number of rotatable bonds is 12. The molecule has 1 saturated heterocycles. The van der Waals surface area contributed by atoms with Crippen molar-refractivity contribution in [3.63, 3.8) is 0 Å². The summed E-state index contributed by atoms with van der Waals surface area (Å²) in [6.07, 6.45) is -1.55. The summed E-state index contributed by atoms with van der Waals surface area (Å²) < 4.78 is 5.68. The van der Waals surface area contributed by atoms with E-state index in [0.29, 0.717) is 16.3 Å². The van der Waals surface area contributed by atoms with E-state index in [2.05, 4.69) is 29.4 Å². The predicted molar refractivity (Wildman–Crippen MR) is 137 cm³/mol. The maximum Gasteiger partial charge on any atom is 0.221 e. The van der Waals surface area contributed by atoms with Crippen molar-refractivity contribution in [1.82, 2.24) is 0 Å².